The number of aromatic nitrogens is 1. The molecule has 0 aromatic carbocycles. The molecule has 0 aliphatic heterocycles. The van der Waals surface area contributed by atoms with Gasteiger partial charge in [0, 0.05) is 12.7 Å². The van der Waals surface area contributed by atoms with Gasteiger partial charge in [0.05, 0.1) is 6.20 Å². The van der Waals surface area contributed by atoms with Crippen LogP contribution in [0.1, 0.15) is 25.3 Å². The van der Waals surface area contributed by atoms with Crippen molar-refractivity contribution in [1.82, 2.24) is 10.3 Å². The molecule has 1 fully saturated rings. The average Bonchev–Trinajstić information content (AvgIpc) is 3.00. The van der Waals surface area contributed by atoms with Crippen molar-refractivity contribution >= 4 is 0 Å². The predicted molar refractivity (Wildman–Crippen MR) is 57.8 cm³/mol. The van der Waals surface area contributed by atoms with E-state index in [1.165, 1.54) is 25.1 Å². The van der Waals surface area contributed by atoms with Crippen molar-refractivity contribution in [3.8, 4) is 0 Å². The van der Waals surface area contributed by atoms with E-state index in [0.29, 0.717) is 6.54 Å². The zero-order valence-electron chi connectivity index (χ0n) is 9.04. The van der Waals surface area contributed by atoms with E-state index in [0.717, 1.165) is 23.9 Å². The van der Waals surface area contributed by atoms with Crippen LogP contribution in [0.2, 0.25) is 0 Å². The molecule has 1 atom stereocenters. The molecule has 2 rings (SSSR count). The molecule has 2 nitrogen and oxygen atoms in total. The molecule has 0 bridgehead atoms. The largest absolute Gasteiger partial charge is 0.312 e. The van der Waals surface area contributed by atoms with Gasteiger partial charge >= 0.3 is 0 Å². The van der Waals surface area contributed by atoms with Gasteiger partial charge in [0.15, 0.2) is 0 Å². The molecule has 1 aliphatic carbocycles. The van der Waals surface area contributed by atoms with E-state index >= 15 is 0 Å². The fourth-order valence-electron chi connectivity index (χ4n) is 1.83. The van der Waals surface area contributed by atoms with Gasteiger partial charge in [-0.15, -0.1) is 0 Å². The normalized spacial score (nSPS) is 17.7. The van der Waals surface area contributed by atoms with E-state index in [4.69, 9.17) is 0 Å². The number of hydrogen-bond donors (Lipinski definition) is 1. The molecule has 0 spiro atoms. The molecule has 1 aromatic heterocycles. The summed E-state index contributed by atoms with van der Waals surface area (Å²) in [7, 11) is 0. The highest BCUT2D eigenvalue weighted by Crippen LogP contribution is 2.36. The van der Waals surface area contributed by atoms with E-state index in [2.05, 4.69) is 17.2 Å². The highest BCUT2D eigenvalue weighted by Gasteiger charge is 2.27. The maximum Gasteiger partial charge on any atom is 0.141 e. The summed E-state index contributed by atoms with van der Waals surface area (Å²) in [5.41, 5.74) is 0.915. The minimum absolute atomic E-state index is 0.260. The number of halogens is 1. The monoisotopic (exact) mass is 208 g/mol. The van der Waals surface area contributed by atoms with Gasteiger partial charge < -0.3 is 5.32 Å². The highest BCUT2D eigenvalue weighted by molar-refractivity contribution is 5.09. The number of nitrogens with one attached hydrogen (secondary N) is 1. The Bertz CT molecular complexity index is 323. The lowest BCUT2D eigenvalue weighted by atomic mass is 10.1. The number of hydrogen-bond acceptors (Lipinski definition) is 2. The number of nitrogens with zero attached hydrogens (tertiary/aromatic N) is 1. The van der Waals surface area contributed by atoms with Crippen molar-refractivity contribution in [2.75, 3.05) is 6.54 Å². The maximum atomic E-state index is 12.8. The fraction of sp³-hybridized carbons (Fsp3) is 0.583. The van der Waals surface area contributed by atoms with Gasteiger partial charge in [-0.25, -0.2) is 4.39 Å². The molecule has 3 heteroatoms. The number of pyridine rings is 1. The molecular weight excluding hydrogens is 191 g/mol. The maximum absolute atomic E-state index is 12.8. The molecule has 1 saturated carbocycles. The van der Waals surface area contributed by atoms with Crippen molar-refractivity contribution in [1.29, 1.82) is 0 Å². The molecule has 15 heavy (non-hydrogen) atoms. The zero-order chi connectivity index (χ0) is 10.7. The van der Waals surface area contributed by atoms with E-state index in [1.54, 1.807) is 6.20 Å². The Hall–Kier alpha value is -0.960. The van der Waals surface area contributed by atoms with Gasteiger partial charge in [-0.05, 0) is 42.9 Å². The van der Waals surface area contributed by atoms with Crippen molar-refractivity contribution in [2.45, 2.75) is 26.3 Å². The van der Waals surface area contributed by atoms with Crippen LogP contribution in [0.4, 0.5) is 4.39 Å². The third-order valence-electron chi connectivity index (χ3n) is 2.98. The van der Waals surface area contributed by atoms with Crippen LogP contribution >= 0.6 is 0 Å². The quantitative estimate of drug-likeness (QED) is 0.803. The lowest BCUT2D eigenvalue weighted by Gasteiger charge is -2.10. The average molecular weight is 208 g/mol. The van der Waals surface area contributed by atoms with Gasteiger partial charge in [0.25, 0.3) is 0 Å². The lowest BCUT2D eigenvalue weighted by Crippen LogP contribution is -2.21. The van der Waals surface area contributed by atoms with Crippen molar-refractivity contribution in [3.05, 3.63) is 29.8 Å². The Labute approximate surface area is 89.9 Å². The topological polar surface area (TPSA) is 24.9 Å². The minimum atomic E-state index is -0.260. The molecule has 0 saturated heterocycles. The summed E-state index contributed by atoms with van der Waals surface area (Å²) in [6.07, 6.45) is 5.70. The first-order valence-corrected chi connectivity index (χ1v) is 5.56. The van der Waals surface area contributed by atoms with Crippen molar-refractivity contribution in [3.63, 3.8) is 0 Å². The Kier molecular flexibility index (Phi) is 3.31. The molecule has 1 N–H and O–H groups in total. The van der Waals surface area contributed by atoms with Crippen LogP contribution in [0.15, 0.2) is 18.5 Å². The van der Waals surface area contributed by atoms with Crippen LogP contribution in [-0.2, 0) is 6.54 Å². The summed E-state index contributed by atoms with van der Waals surface area (Å²) < 4.78 is 12.8. The van der Waals surface area contributed by atoms with Gasteiger partial charge in [-0.1, -0.05) is 6.92 Å². The molecular formula is C12H17FN2. The standard InChI is InChI=1S/C12H17FN2/c1-9(11-2-3-11)5-14-6-10-4-12(13)8-15-7-10/h4,7-9,11,14H,2-3,5-6H2,1H3. The van der Waals surface area contributed by atoms with E-state index in [9.17, 15) is 4.39 Å². The molecule has 1 heterocycles. The second-order valence-electron chi connectivity index (χ2n) is 4.46. The van der Waals surface area contributed by atoms with Crippen LogP contribution in [0.25, 0.3) is 0 Å². The molecule has 82 valence electrons. The molecule has 0 amide bonds. The molecule has 1 aromatic rings. The van der Waals surface area contributed by atoms with Crippen molar-refractivity contribution in [2.24, 2.45) is 11.8 Å². The zero-order valence-corrected chi connectivity index (χ0v) is 9.04. The summed E-state index contributed by atoms with van der Waals surface area (Å²) >= 11 is 0. The lowest BCUT2D eigenvalue weighted by molar-refractivity contribution is 0.461. The first-order valence-electron chi connectivity index (χ1n) is 5.56. The summed E-state index contributed by atoms with van der Waals surface area (Å²) in [4.78, 5) is 3.81. The van der Waals surface area contributed by atoms with E-state index in [-0.39, 0.29) is 5.82 Å². The SMILES string of the molecule is CC(CNCc1cncc(F)c1)C1CC1. The summed E-state index contributed by atoms with van der Waals surface area (Å²) in [6.45, 7) is 4.00. The second kappa shape index (κ2) is 4.71. The first kappa shape index (κ1) is 10.6. The first-order chi connectivity index (χ1) is 7.25. The fourth-order valence-corrected chi connectivity index (χ4v) is 1.83. The Morgan fingerprint density at radius 3 is 3.00 bits per heavy atom. The molecule has 0 radical (unpaired) electrons. The summed E-state index contributed by atoms with van der Waals surface area (Å²) in [5.74, 6) is 1.40. The third-order valence-corrected chi connectivity index (χ3v) is 2.98. The van der Waals surface area contributed by atoms with E-state index < -0.39 is 0 Å². The molecule has 1 unspecified atom stereocenters. The number of rotatable bonds is 5. The van der Waals surface area contributed by atoms with Gasteiger partial charge in [-0.3, -0.25) is 4.98 Å². The van der Waals surface area contributed by atoms with Gasteiger partial charge in [-0.2, -0.15) is 0 Å². The van der Waals surface area contributed by atoms with Crippen LogP contribution in [-0.4, -0.2) is 11.5 Å². The van der Waals surface area contributed by atoms with E-state index in [1.807, 2.05) is 0 Å². The third kappa shape index (κ3) is 3.27. The minimum Gasteiger partial charge on any atom is -0.312 e. The summed E-state index contributed by atoms with van der Waals surface area (Å²) in [5, 5.41) is 3.34. The van der Waals surface area contributed by atoms with Crippen LogP contribution in [0.5, 0.6) is 0 Å². The second-order valence-corrected chi connectivity index (χ2v) is 4.46. The summed E-state index contributed by atoms with van der Waals surface area (Å²) in [6, 6.07) is 1.53. The Balaban J connectivity index is 1.73. The van der Waals surface area contributed by atoms with Gasteiger partial charge in [0.1, 0.15) is 5.82 Å². The Morgan fingerprint density at radius 1 is 1.53 bits per heavy atom. The van der Waals surface area contributed by atoms with Crippen molar-refractivity contribution < 1.29 is 4.39 Å². The Morgan fingerprint density at radius 2 is 2.33 bits per heavy atom. The van der Waals surface area contributed by atoms with Crippen LogP contribution in [0, 0.1) is 17.7 Å². The highest BCUT2D eigenvalue weighted by atomic mass is 19.1. The smallest absolute Gasteiger partial charge is 0.141 e. The van der Waals surface area contributed by atoms with Crippen LogP contribution in [0.3, 0.4) is 0 Å². The molecule has 1 aliphatic rings. The van der Waals surface area contributed by atoms with Crippen LogP contribution < -0.4 is 5.32 Å². The predicted octanol–water partition coefficient (Wildman–Crippen LogP) is 2.36. The van der Waals surface area contributed by atoms with Gasteiger partial charge in [0.2, 0.25) is 0 Å².